The van der Waals surface area contributed by atoms with Gasteiger partial charge in [0, 0.05) is 25.5 Å². The van der Waals surface area contributed by atoms with Crippen LogP contribution in [0.15, 0.2) is 262 Å². The van der Waals surface area contributed by atoms with Crippen LogP contribution >= 0.6 is 10.0 Å². The van der Waals surface area contributed by atoms with Gasteiger partial charge < -0.3 is 0 Å². The third-order valence-corrected chi connectivity index (χ3v) is 22.1. The van der Waals surface area contributed by atoms with Crippen molar-refractivity contribution < 1.29 is 0 Å². The molecular weight excluding hydrogens is 793 g/mol. The first-order valence-electron chi connectivity index (χ1n) is 22.4. The molecule has 0 heterocycles. The average molecular weight is 847 g/mol. The van der Waals surface area contributed by atoms with Crippen LogP contribution in [0.5, 0.6) is 0 Å². The van der Waals surface area contributed by atoms with E-state index in [1.54, 1.807) is 0 Å². The summed E-state index contributed by atoms with van der Waals surface area (Å²) in [6.45, 7) is 6.93. The zero-order chi connectivity index (χ0) is 42.9. The normalized spacial score (nSPS) is 14.2. The van der Waals surface area contributed by atoms with Gasteiger partial charge in [0.2, 0.25) is 0 Å². The van der Waals surface area contributed by atoms with Gasteiger partial charge in [-0.3, -0.25) is 0 Å². The molecule has 0 saturated carbocycles. The molecule has 0 bridgehead atoms. The Bertz CT molecular complexity index is 2750. The lowest BCUT2D eigenvalue weighted by molar-refractivity contribution is 0.589. The summed E-state index contributed by atoms with van der Waals surface area (Å²) >= 11 is 0. The molecule has 1 atom stereocenters. The van der Waals surface area contributed by atoms with Crippen molar-refractivity contribution in [3.05, 3.63) is 265 Å². The van der Waals surface area contributed by atoms with Crippen LogP contribution in [0.25, 0.3) is 11.1 Å². The zero-order valence-corrected chi connectivity index (χ0v) is 38.3. The summed E-state index contributed by atoms with van der Waals surface area (Å²) < 4.78 is 0. The van der Waals surface area contributed by atoms with Gasteiger partial charge in [-0.05, 0) is 121 Å². The fourth-order valence-electron chi connectivity index (χ4n) is 10.3. The predicted octanol–water partition coefficient (Wildman–Crippen LogP) is 13.4. The van der Waals surface area contributed by atoms with Gasteiger partial charge in [0.25, 0.3) is 0 Å². The van der Waals surface area contributed by atoms with Crippen LogP contribution in [-0.4, -0.2) is 8.07 Å². The summed E-state index contributed by atoms with van der Waals surface area (Å²) in [5, 5.41) is 5.58. The fourth-order valence-corrected chi connectivity index (χ4v) is 19.0. The predicted molar refractivity (Wildman–Crippen MR) is 271 cm³/mol. The van der Waals surface area contributed by atoms with Crippen molar-refractivity contribution in [2.75, 3.05) is 0 Å². The molecule has 0 aromatic heterocycles. The third kappa shape index (κ3) is 7.22. The molecular formula is C61H54SSi. The molecule has 0 fully saturated rings. The summed E-state index contributed by atoms with van der Waals surface area (Å²) in [5.74, 6) is 0.243. The summed E-state index contributed by atoms with van der Waals surface area (Å²) in [6, 6.07) is 92.7. The number of aryl methyl sites for hydroxylation is 1. The third-order valence-electron chi connectivity index (χ3n) is 13.4. The first-order valence-corrected chi connectivity index (χ1v) is 26.1. The van der Waals surface area contributed by atoms with Crippen molar-refractivity contribution in [3.63, 3.8) is 0 Å². The van der Waals surface area contributed by atoms with Gasteiger partial charge in [-0.1, -0.05) is 215 Å². The first-order chi connectivity index (χ1) is 30.9. The lowest BCUT2D eigenvalue weighted by Gasteiger charge is -2.42. The molecule has 10 rings (SSSR count). The summed E-state index contributed by atoms with van der Waals surface area (Å²) in [4.78, 5) is 5.36. The minimum atomic E-state index is -2.81. The van der Waals surface area contributed by atoms with E-state index in [9.17, 15) is 0 Å². The van der Waals surface area contributed by atoms with Crippen molar-refractivity contribution in [2.24, 2.45) is 0 Å². The highest BCUT2D eigenvalue weighted by Crippen LogP contribution is 2.73. The number of fused-ring (bicyclic) bond motifs is 3. The molecule has 0 N–H and O–H groups in total. The van der Waals surface area contributed by atoms with Crippen LogP contribution < -0.4 is 20.7 Å². The number of hydrogen-bond acceptors (Lipinski definition) is 0. The largest absolute Gasteiger partial charge is 0.179 e. The van der Waals surface area contributed by atoms with E-state index in [1.807, 2.05) is 0 Å². The van der Waals surface area contributed by atoms with Gasteiger partial charge in [0.1, 0.15) is 0 Å². The Kier molecular flexibility index (Phi) is 11.0. The second-order valence-corrected chi connectivity index (χ2v) is 24.9. The van der Waals surface area contributed by atoms with Crippen LogP contribution in [0.3, 0.4) is 0 Å². The summed E-state index contributed by atoms with van der Waals surface area (Å²) in [6.07, 6.45) is 2.04. The highest BCUT2D eigenvalue weighted by Gasteiger charge is 2.42. The van der Waals surface area contributed by atoms with Gasteiger partial charge >= 0.3 is 0 Å². The summed E-state index contributed by atoms with van der Waals surface area (Å²) in [5.41, 5.74) is 8.39. The average Bonchev–Trinajstić information content (AvgIpc) is 3.50. The molecule has 2 heteroatoms. The van der Waals surface area contributed by atoms with Crippen LogP contribution in [0.4, 0.5) is 0 Å². The van der Waals surface area contributed by atoms with Gasteiger partial charge in [0.05, 0.1) is 0 Å². The van der Waals surface area contributed by atoms with E-state index in [0.29, 0.717) is 0 Å². The Morgan fingerprint density at radius 1 is 0.397 bits per heavy atom. The molecule has 1 aliphatic rings. The molecule has 63 heavy (non-hydrogen) atoms. The maximum Gasteiger partial charge on any atom is 0.179 e. The van der Waals surface area contributed by atoms with Gasteiger partial charge in [-0.2, -0.15) is 0 Å². The van der Waals surface area contributed by atoms with Crippen LogP contribution in [0, 0.1) is 0 Å². The second-order valence-electron chi connectivity index (χ2n) is 18.0. The maximum absolute atomic E-state index is 2.81. The zero-order valence-electron chi connectivity index (χ0n) is 36.5. The monoisotopic (exact) mass is 846 g/mol. The molecule has 1 aliphatic carbocycles. The maximum atomic E-state index is 2.63. The molecule has 0 amide bonds. The van der Waals surface area contributed by atoms with Crippen molar-refractivity contribution in [3.8, 4) is 11.1 Å². The smallest absolute Gasteiger partial charge is 0.133 e. The molecule has 9 aromatic carbocycles. The molecule has 9 aromatic rings. The lowest BCUT2D eigenvalue weighted by atomic mass is 9.82. The van der Waals surface area contributed by atoms with Crippen molar-refractivity contribution >= 4 is 38.8 Å². The fraction of sp³-hybridized carbons (Fsp3) is 0.115. The molecule has 0 nitrogen and oxygen atoms in total. The minimum Gasteiger partial charge on any atom is -0.133 e. The number of rotatable bonds is 9. The standard InChI is InChI=1S/C61H54SSi/c1-61(2,3)48-38-34-46(35-39-48)57-42-37-47-36-41-56(63(53-28-16-7-17-29-53,54-30-18-8-19-31-54)55-32-20-9-21-33-55)45-59(47)60-44-52(40-43-58(57)60)62(49-22-10-4-11-23-49,50-24-12-5-13-25-50)51-26-14-6-15-27-51/h4-36,38-41,43-45,57H,37,42H2,1-3H3. The summed E-state index contributed by atoms with van der Waals surface area (Å²) in [7, 11) is -4.73. The molecule has 308 valence electrons. The van der Waals surface area contributed by atoms with Crippen molar-refractivity contribution in [2.45, 2.75) is 64.5 Å². The van der Waals surface area contributed by atoms with Crippen molar-refractivity contribution in [1.29, 1.82) is 0 Å². The van der Waals surface area contributed by atoms with Crippen LogP contribution in [0.1, 0.15) is 55.4 Å². The van der Waals surface area contributed by atoms with Gasteiger partial charge in [-0.15, -0.1) is 10.0 Å². The highest BCUT2D eigenvalue weighted by atomic mass is 32.3. The lowest BCUT2D eigenvalue weighted by Crippen LogP contribution is -2.74. The van der Waals surface area contributed by atoms with E-state index in [4.69, 9.17) is 0 Å². The highest BCUT2D eigenvalue weighted by molar-refractivity contribution is 8.34. The first kappa shape index (κ1) is 40.6. The Morgan fingerprint density at radius 3 is 1.29 bits per heavy atom. The van der Waals surface area contributed by atoms with E-state index in [-0.39, 0.29) is 11.3 Å². The molecule has 0 spiro atoms. The second kappa shape index (κ2) is 17.0. The molecule has 0 aliphatic heterocycles. The van der Waals surface area contributed by atoms with E-state index in [0.717, 1.165) is 12.8 Å². The Morgan fingerprint density at radius 2 is 0.841 bits per heavy atom. The van der Waals surface area contributed by atoms with Crippen molar-refractivity contribution in [1.82, 2.24) is 0 Å². The van der Waals surface area contributed by atoms with E-state index < -0.39 is 18.1 Å². The van der Waals surface area contributed by atoms with Gasteiger partial charge in [0.15, 0.2) is 8.07 Å². The Balaban J connectivity index is 1.29. The van der Waals surface area contributed by atoms with E-state index in [2.05, 4.69) is 263 Å². The van der Waals surface area contributed by atoms with Gasteiger partial charge in [-0.25, -0.2) is 0 Å². The Labute approximate surface area is 377 Å². The SMILES string of the molecule is CC(C)(C)c1ccc(C2CCc3ccc([Si](c4ccccc4)(c4ccccc4)c4ccccc4)cc3-c3cc(S(c4ccccc4)(c4ccccc4)c4ccccc4)ccc32)cc1. The molecule has 0 radical (unpaired) electrons. The number of benzene rings is 9. The van der Waals surface area contributed by atoms with Crippen LogP contribution in [-0.2, 0) is 11.8 Å². The quantitative estimate of drug-likeness (QED) is 0.100. The van der Waals surface area contributed by atoms with E-state index in [1.165, 1.54) is 73.7 Å². The molecule has 0 saturated heterocycles. The minimum absolute atomic E-state index is 0.0898. The topological polar surface area (TPSA) is 0 Å². The Hall–Kier alpha value is -6.45. The van der Waals surface area contributed by atoms with Crippen LogP contribution in [0.2, 0.25) is 0 Å². The van der Waals surface area contributed by atoms with E-state index >= 15 is 0 Å². The number of hydrogen-bond donors (Lipinski definition) is 0. The molecule has 1 unspecified atom stereocenters.